The smallest absolute Gasteiger partial charge is 0.224 e. The van der Waals surface area contributed by atoms with Crippen molar-refractivity contribution in [3.8, 4) is 17.3 Å². The summed E-state index contributed by atoms with van der Waals surface area (Å²) in [4.78, 5) is 10.6. The first-order valence-corrected chi connectivity index (χ1v) is 5.80. The number of aryl methyl sites for hydroxylation is 1. The SMILES string of the molecule is CCOc1ncccc1-c1nc(N(C)C)n(C)n1. The van der Waals surface area contributed by atoms with Gasteiger partial charge in [0.05, 0.1) is 12.2 Å². The molecule has 6 heteroatoms. The van der Waals surface area contributed by atoms with Crippen molar-refractivity contribution in [1.29, 1.82) is 0 Å². The van der Waals surface area contributed by atoms with Crippen LogP contribution in [-0.4, -0.2) is 40.5 Å². The van der Waals surface area contributed by atoms with Crippen LogP contribution in [0.1, 0.15) is 6.92 Å². The minimum absolute atomic E-state index is 0.566. The number of rotatable bonds is 4. The van der Waals surface area contributed by atoms with E-state index in [1.54, 1.807) is 10.9 Å². The molecule has 0 bridgehead atoms. The van der Waals surface area contributed by atoms with E-state index in [-0.39, 0.29) is 0 Å². The van der Waals surface area contributed by atoms with Crippen molar-refractivity contribution >= 4 is 5.95 Å². The lowest BCUT2D eigenvalue weighted by Crippen LogP contribution is -2.14. The fourth-order valence-electron chi connectivity index (χ4n) is 1.69. The fourth-order valence-corrected chi connectivity index (χ4v) is 1.69. The van der Waals surface area contributed by atoms with Gasteiger partial charge in [-0.15, -0.1) is 5.10 Å². The Balaban J connectivity index is 2.45. The topological polar surface area (TPSA) is 56.1 Å². The Bertz CT molecular complexity index is 535. The first-order chi connectivity index (χ1) is 8.63. The standard InChI is InChI=1S/C12H17N5O/c1-5-18-11-9(7-6-8-13-11)10-14-12(16(2)3)17(4)15-10/h6-8H,5H2,1-4H3. The van der Waals surface area contributed by atoms with Gasteiger partial charge in [-0.1, -0.05) is 0 Å². The second kappa shape index (κ2) is 5.03. The molecule has 0 fully saturated rings. The summed E-state index contributed by atoms with van der Waals surface area (Å²) < 4.78 is 7.22. The lowest BCUT2D eigenvalue weighted by Gasteiger charge is -2.08. The minimum Gasteiger partial charge on any atom is -0.477 e. The molecule has 0 amide bonds. The molecule has 18 heavy (non-hydrogen) atoms. The maximum absolute atomic E-state index is 5.49. The summed E-state index contributed by atoms with van der Waals surface area (Å²) in [5.74, 6) is 1.98. The molecule has 0 atom stereocenters. The fraction of sp³-hybridized carbons (Fsp3) is 0.417. The largest absolute Gasteiger partial charge is 0.477 e. The lowest BCUT2D eigenvalue weighted by molar-refractivity contribution is 0.328. The zero-order valence-corrected chi connectivity index (χ0v) is 11.1. The number of anilines is 1. The van der Waals surface area contributed by atoms with E-state index in [1.165, 1.54) is 0 Å². The summed E-state index contributed by atoms with van der Waals surface area (Å²) in [6.07, 6.45) is 1.70. The molecular weight excluding hydrogens is 230 g/mol. The van der Waals surface area contributed by atoms with Crippen molar-refractivity contribution in [2.45, 2.75) is 6.92 Å². The van der Waals surface area contributed by atoms with E-state index in [0.717, 1.165) is 11.5 Å². The highest BCUT2D eigenvalue weighted by atomic mass is 16.5. The van der Waals surface area contributed by atoms with Gasteiger partial charge in [0.15, 0.2) is 5.82 Å². The Labute approximate surface area is 106 Å². The highest BCUT2D eigenvalue weighted by Crippen LogP contribution is 2.26. The van der Waals surface area contributed by atoms with Crippen LogP contribution >= 0.6 is 0 Å². The van der Waals surface area contributed by atoms with Crippen LogP contribution in [0.3, 0.4) is 0 Å². The van der Waals surface area contributed by atoms with Gasteiger partial charge in [-0.2, -0.15) is 4.98 Å². The van der Waals surface area contributed by atoms with Gasteiger partial charge >= 0.3 is 0 Å². The molecular formula is C12H17N5O. The van der Waals surface area contributed by atoms with E-state index in [4.69, 9.17) is 4.74 Å². The predicted octanol–water partition coefficient (Wildman–Crippen LogP) is 1.34. The summed E-state index contributed by atoms with van der Waals surface area (Å²) in [6, 6.07) is 3.76. The molecule has 0 radical (unpaired) electrons. The first kappa shape index (κ1) is 12.3. The van der Waals surface area contributed by atoms with Crippen LogP contribution < -0.4 is 9.64 Å². The van der Waals surface area contributed by atoms with E-state index in [9.17, 15) is 0 Å². The Morgan fingerprint density at radius 1 is 1.39 bits per heavy atom. The normalized spacial score (nSPS) is 10.4. The highest BCUT2D eigenvalue weighted by molar-refractivity contribution is 5.62. The average molecular weight is 247 g/mol. The zero-order valence-electron chi connectivity index (χ0n) is 11.1. The van der Waals surface area contributed by atoms with Gasteiger partial charge in [0, 0.05) is 27.3 Å². The van der Waals surface area contributed by atoms with Crippen LogP contribution in [-0.2, 0) is 7.05 Å². The van der Waals surface area contributed by atoms with Crippen LogP contribution in [0.15, 0.2) is 18.3 Å². The lowest BCUT2D eigenvalue weighted by atomic mass is 10.2. The third kappa shape index (κ3) is 2.27. The predicted molar refractivity (Wildman–Crippen MR) is 69.7 cm³/mol. The quantitative estimate of drug-likeness (QED) is 0.816. The summed E-state index contributed by atoms with van der Waals surface area (Å²) in [5.41, 5.74) is 0.808. The van der Waals surface area contributed by atoms with Gasteiger partial charge in [-0.05, 0) is 19.1 Å². The van der Waals surface area contributed by atoms with Gasteiger partial charge in [-0.3, -0.25) is 0 Å². The summed E-state index contributed by atoms with van der Waals surface area (Å²) in [6.45, 7) is 2.49. The van der Waals surface area contributed by atoms with Crippen molar-refractivity contribution < 1.29 is 4.74 Å². The number of aromatic nitrogens is 4. The molecule has 0 N–H and O–H groups in total. The molecule has 0 saturated carbocycles. The number of pyridine rings is 1. The van der Waals surface area contributed by atoms with Crippen LogP contribution in [0.25, 0.3) is 11.4 Å². The maximum Gasteiger partial charge on any atom is 0.224 e. The third-order valence-corrected chi connectivity index (χ3v) is 2.43. The summed E-state index contributed by atoms with van der Waals surface area (Å²) in [7, 11) is 5.73. The molecule has 0 saturated heterocycles. The van der Waals surface area contributed by atoms with E-state index in [2.05, 4.69) is 15.1 Å². The van der Waals surface area contributed by atoms with Gasteiger partial charge in [0.1, 0.15) is 0 Å². The number of hydrogen-bond acceptors (Lipinski definition) is 5. The van der Waals surface area contributed by atoms with Crippen molar-refractivity contribution in [2.24, 2.45) is 7.05 Å². The van der Waals surface area contributed by atoms with Crippen molar-refractivity contribution in [3.63, 3.8) is 0 Å². The number of hydrogen-bond donors (Lipinski definition) is 0. The molecule has 2 aromatic heterocycles. The molecule has 0 aliphatic carbocycles. The molecule has 0 unspecified atom stereocenters. The third-order valence-electron chi connectivity index (χ3n) is 2.43. The maximum atomic E-state index is 5.49. The van der Waals surface area contributed by atoms with Crippen LogP contribution in [0.5, 0.6) is 5.88 Å². The van der Waals surface area contributed by atoms with Crippen LogP contribution in [0.2, 0.25) is 0 Å². The van der Waals surface area contributed by atoms with Crippen molar-refractivity contribution in [2.75, 3.05) is 25.6 Å². The molecule has 6 nitrogen and oxygen atoms in total. The molecule has 0 aliphatic rings. The van der Waals surface area contributed by atoms with Crippen LogP contribution in [0.4, 0.5) is 5.95 Å². The van der Waals surface area contributed by atoms with E-state index < -0.39 is 0 Å². The molecule has 2 heterocycles. The second-order valence-corrected chi connectivity index (χ2v) is 4.04. The molecule has 0 aliphatic heterocycles. The van der Waals surface area contributed by atoms with E-state index >= 15 is 0 Å². The minimum atomic E-state index is 0.566. The molecule has 2 rings (SSSR count). The van der Waals surface area contributed by atoms with E-state index in [0.29, 0.717) is 18.3 Å². The summed E-state index contributed by atoms with van der Waals surface area (Å²) in [5, 5.41) is 4.39. The van der Waals surface area contributed by atoms with Crippen molar-refractivity contribution in [3.05, 3.63) is 18.3 Å². The Morgan fingerprint density at radius 3 is 2.78 bits per heavy atom. The van der Waals surface area contributed by atoms with Gasteiger partial charge < -0.3 is 9.64 Å². The van der Waals surface area contributed by atoms with Gasteiger partial charge in [-0.25, -0.2) is 9.67 Å². The monoisotopic (exact) mass is 247 g/mol. The molecule has 2 aromatic rings. The van der Waals surface area contributed by atoms with Gasteiger partial charge in [0.25, 0.3) is 0 Å². The Morgan fingerprint density at radius 2 is 2.17 bits per heavy atom. The molecule has 0 aromatic carbocycles. The Kier molecular flexibility index (Phi) is 3.45. The Hall–Kier alpha value is -2.11. The van der Waals surface area contributed by atoms with Crippen LogP contribution in [0, 0.1) is 0 Å². The van der Waals surface area contributed by atoms with Gasteiger partial charge in [0.2, 0.25) is 11.8 Å². The number of ether oxygens (including phenoxy) is 1. The molecule has 0 spiro atoms. The highest BCUT2D eigenvalue weighted by Gasteiger charge is 2.15. The number of nitrogens with zero attached hydrogens (tertiary/aromatic N) is 5. The first-order valence-electron chi connectivity index (χ1n) is 5.80. The van der Waals surface area contributed by atoms with E-state index in [1.807, 2.05) is 45.1 Å². The summed E-state index contributed by atoms with van der Waals surface area (Å²) >= 11 is 0. The average Bonchev–Trinajstić information content (AvgIpc) is 2.72. The van der Waals surface area contributed by atoms with Crippen molar-refractivity contribution in [1.82, 2.24) is 19.7 Å². The second-order valence-electron chi connectivity index (χ2n) is 4.04. The zero-order chi connectivity index (χ0) is 13.1. The molecule has 96 valence electrons.